The van der Waals surface area contributed by atoms with Gasteiger partial charge >= 0.3 is 0 Å². The molecule has 0 radical (unpaired) electrons. The van der Waals surface area contributed by atoms with Gasteiger partial charge in [-0.05, 0) is 6.08 Å². The van der Waals surface area contributed by atoms with E-state index in [9.17, 15) is 4.79 Å². The number of nitrogens with two attached hydrogens (primary N) is 1. The smallest absolute Gasteiger partial charge is 0.267 e. The van der Waals surface area contributed by atoms with Crippen molar-refractivity contribution in [2.45, 2.75) is 0 Å². The molecule has 0 aliphatic rings. The van der Waals surface area contributed by atoms with Gasteiger partial charge in [-0.3, -0.25) is 14.3 Å². The van der Waals surface area contributed by atoms with Gasteiger partial charge in [-0.1, -0.05) is 23.2 Å². The van der Waals surface area contributed by atoms with E-state index in [0.29, 0.717) is 5.82 Å². The van der Waals surface area contributed by atoms with Crippen LogP contribution in [0.4, 0.5) is 5.82 Å². The van der Waals surface area contributed by atoms with E-state index in [1.54, 1.807) is 7.05 Å². The van der Waals surface area contributed by atoms with Crippen molar-refractivity contribution in [3.8, 4) is 0 Å². The van der Waals surface area contributed by atoms with Crippen molar-refractivity contribution in [1.29, 1.82) is 0 Å². The summed E-state index contributed by atoms with van der Waals surface area (Å²) in [6.45, 7) is 0.171. The summed E-state index contributed by atoms with van der Waals surface area (Å²) < 4.78 is 1.46. The molecule has 0 spiro atoms. The summed E-state index contributed by atoms with van der Waals surface area (Å²) >= 11 is 10.7. The fourth-order valence-corrected chi connectivity index (χ4v) is 1.09. The Labute approximate surface area is 102 Å². The maximum absolute atomic E-state index is 10.9. The number of halogens is 2. The SMILES string of the molecule is Cn1nc(NOCC=C(Cl)Cl)cc1C(N)=O. The molecular weight excluding hydrogens is 255 g/mol. The molecule has 0 aromatic carbocycles. The number of hydrogen-bond acceptors (Lipinski definition) is 4. The molecule has 1 rings (SSSR count). The average Bonchev–Trinajstić information content (AvgIpc) is 2.54. The van der Waals surface area contributed by atoms with Gasteiger partial charge in [-0.2, -0.15) is 5.10 Å². The lowest BCUT2D eigenvalue weighted by Crippen LogP contribution is -2.15. The Bertz CT molecular complexity index is 412. The van der Waals surface area contributed by atoms with Crippen LogP contribution in [0.5, 0.6) is 0 Å². The van der Waals surface area contributed by atoms with Gasteiger partial charge in [0.2, 0.25) is 0 Å². The van der Waals surface area contributed by atoms with Gasteiger partial charge in [0.25, 0.3) is 5.91 Å². The van der Waals surface area contributed by atoms with Crippen LogP contribution in [0.1, 0.15) is 10.5 Å². The number of nitrogens with one attached hydrogen (secondary N) is 1. The third-order valence-corrected chi connectivity index (χ3v) is 1.94. The molecule has 1 amide bonds. The number of aryl methyl sites for hydroxylation is 1. The number of carbonyl (C=O) groups is 1. The van der Waals surface area contributed by atoms with E-state index >= 15 is 0 Å². The number of carbonyl (C=O) groups excluding carboxylic acids is 1. The fourth-order valence-electron chi connectivity index (χ4n) is 0.968. The molecule has 0 aliphatic carbocycles. The highest BCUT2D eigenvalue weighted by atomic mass is 35.5. The zero-order valence-corrected chi connectivity index (χ0v) is 9.92. The minimum atomic E-state index is -0.563. The monoisotopic (exact) mass is 264 g/mol. The van der Waals surface area contributed by atoms with Gasteiger partial charge in [0, 0.05) is 13.1 Å². The second-order valence-electron chi connectivity index (χ2n) is 2.81. The maximum Gasteiger partial charge on any atom is 0.267 e. The number of nitrogens with zero attached hydrogens (tertiary/aromatic N) is 2. The van der Waals surface area contributed by atoms with Crippen molar-refractivity contribution in [2.24, 2.45) is 12.8 Å². The molecule has 8 heteroatoms. The van der Waals surface area contributed by atoms with E-state index in [0.717, 1.165) is 0 Å². The van der Waals surface area contributed by atoms with Crippen molar-refractivity contribution in [1.82, 2.24) is 9.78 Å². The average molecular weight is 265 g/mol. The van der Waals surface area contributed by atoms with E-state index in [1.165, 1.54) is 16.8 Å². The molecule has 88 valence electrons. The number of amides is 1. The highest BCUT2D eigenvalue weighted by molar-refractivity contribution is 6.55. The van der Waals surface area contributed by atoms with Gasteiger partial charge in [0.05, 0.1) is 6.61 Å². The molecule has 0 bridgehead atoms. The van der Waals surface area contributed by atoms with E-state index < -0.39 is 5.91 Å². The fraction of sp³-hybridized carbons (Fsp3) is 0.250. The quantitative estimate of drug-likeness (QED) is 0.618. The Hall–Kier alpha value is -1.24. The van der Waals surface area contributed by atoms with Crippen molar-refractivity contribution in [3.63, 3.8) is 0 Å². The molecule has 0 atom stereocenters. The summed E-state index contributed by atoms with van der Waals surface area (Å²) in [7, 11) is 1.60. The van der Waals surface area contributed by atoms with Crippen LogP contribution in [-0.2, 0) is 11.9 Å². The minimum absolute atomic E-state index is 0.112. The summed E-state index contributed by atoms with van der Waals surface area (Å²) in [6, 6.07) is 1.47. The van der Waals surface area contributed by atoms with Crippen LogP contribution in [0.15, 0.2) is 16.6 Å². The first-order valence-electron chi connectivity index (χ1n) is 4.23. The second-order valence-corrected chi connectivity index (χ2v) is 3.82. The third kappa shape index (κ3) is 3.73. The number of rotatable bonds is 5. The molecule has 0 saturated carbocycles. The largest absolute Gasteiger partial charge is 0.364 e. The lowest BCUT2D eigenvalue weighted by atomic mass is 10.4. The lowest BCUT2D eigenvalue weighted by molar-refractivity contribution is 0.0991. The van der Waals surface area contributed by atoms with Crippen LogP contribution in [0.2, 0.25) is 0 Å². The van der Waals surface area contributed by atoms with Crippen LogP contribution in [-0.4, -0.2) is 22.3 Å². The highest BCUT2D eigenvalue weighted by Crippen LogP contribution is 2.08. The second kappa shape index (κ2) is 5.74. The Morgan fingerprint density at radius 1 is 1.75 bits per heavy atom. The molecule has 0 saturated heterocycles. The Kier molecular flexibility index (Phi) is 4.60. The molecule has 1 aromatic rings. The number of aromatic nitrogens is 2. The summed E-state index contributed by atoms with van der Waals surface area (Å²) in [6.07, 6.45) is 1.45. The Morgan fingerprint density at radius 2 is 2.44 bits per heavy atom. The topological polar surface area (TPSA) is 82.2 Å². The van der Waals surface area contributed by atoms with E-state index in [-0.39, 0.29) is 16.8 Å². The first-order valence-corrected chi connectivity index (χ1v) is 4.99. The van der Waals surface area contributed by atoms with E-state index in [4.69, 9.17) is 33.8 Å². The van der Waals surface area contributed by atoms with Crippen LogP contribution in [0, 0.1) is 0 Å². The summed E-state index contributed by atoms with van der Waals surface area (Å²) in [5, 5.41) is 3.94. The van der Waals surface area contributed by atoms with E-state index in [2.05, 4.69) is 10.6 Å². The maximum atomic E-state index is 10.9. The van der Waals surface area contributed by atoms with Gasteiger partial charge in [0.15, 0.2) is 5.82 Å². The molecule has 3 N–H and O–H groups in total. The van der Waals surface area contributed by atoms with Gasteiger partial charge in [-0.25, -0.2) is 5.48 Å². The summed E-state index contributed by atoms with van der Waals surface area (Å²) in [5.41, 5.74) is 7.90. The molecule has 0 fully saturated rings. The standard InChI is InChI=1S/C8H10Cl2N4O2/c1-14-5(8(11)15)4-7(12-14)13-16-3-2-6(9)10/h2,4H,3H2,1H3,(H2,11,15)(H,12,13). The van der Waals surface area contributed by atoms with Crippen molar-refractivity contribution >= 4 is 34.9 Å². The first-order chi connectivity index (χ1) is 7.50. The lowest BCUT2D eigenvalue weighted by Gasteiger charge is -1.99. The van der Waals surface area contributed by atoms with Crippen LogP contribution >= 0.6 is 23.2 Å². The normalized spacial score (nSPS) is 9.94. The predicted molar refractivity (Wildman–Crippen MR) is 61.1 cm³/mol. The predicted octanol–water partition coefficient (Wildman–Crippen LogP) is 1.18. The van der Waals surface area contributed by atoms with Crippen molar-refractivity contribution in [3.05, 3.63) is 22.3 Å². The molecule has 6 nitrogen and oxygen atoms in total. The van der Waals surface area contributed by atoms with Gasteiger partial charge in [-0.15, -0.1) is 0 Å². The van der Waals surface area contributed by atoms with Gasteiger partial charge in [0.1, 0.15) is 10.2 Å². The van der Waals surface area contributed by atoms with Gasteiger partial charge < -0.3 is 5.73 Å². The third-order valence-electron chi connectivity index (χ3n) is 1.63. The number of hydrogen-bond donors (Lipinski definition) is 2. The molecule has 16 heavy (non-hydrogen) atoms. The molecule has 0 aliphatic heterocycles. The summed E-state index contributed by atoms with van der Waals surface area (Å²) in [4.78, 5) is 15.9. The highest BCUT2D eigenvalue weighted by Gasteiger charge is 2.09. The molecule has 0 unspecified atom stereocenters. The summed E-state index contributed by atoms with van der Waals surface area (Å²) in [5.74, 6) is -0.192. The molecular formula is C8H10Cl2N4O2. The van der Waals surface area contributed by atoms with E-state index in [1.807, 2.05) is 0 Å². The number of primary amides is 1. The van der Waals surface area contributed by atoms with Crippen LogP contribution in [0.25, 0.3) is 0 Å². The Morgan fingerprint density at radius 3 is 2.94 bits per heavy atom. The Balaban J connectivity index is 2.52. The zero-order chi connectivity index (χ0) is 12.1. The van der Waals surface area contributed by atoms with Crippen LogP contribution < -0.4 is 11.2 Å². The zero-order valence-electron chi connectivity index (χ0n) is 8.41. The van der Waals surface area contributed by atoms with Crippen molar-refractivity contribution < 1.29 is 9.63 Å². The first kappa shape index (κ1) is 12.8. The van der Waals surface area contributed by atoms with Crippen LogP contribution in [0.3, 0.4) is 0 Å². The van der Waals surface area contributed by atoms with Crippen molar-refractivity contribution in [2.75, 3.05) is 12.1 Å². The number of anilines is 1. The molecule has 1 heterocycles. The molecule has 1 aromatic heterocycles. The minimum Gasteiger partial charge on any atom is -0.364 e.